The fourth-order valence-corrected chi connectivity index (χ4v) is 5.43. The first-order valence-electron chi connectivity index (χ1n) is 12.3. The summed E-state index contributed by atoms with van der Waals surface area (Å²) >= 11 is 0. The van der Waals surface area contributed by atoms with E-state index in [0.717, 1.165) is 45.3 Å². The molecule has 0 radical (unpaired) electrons. The second-order valence-electron chi connectivity index (χ2n) is 11.4. The van der Waals surface area contributed by atoms with Crippen LogP contribution in [0.3, 0.4) is 0 Å². The highest BCUT2D eigenvalue weighted by Crippen LogP contribution is 2.43. The van der Waals surface area contributed by atoms with Gasteiger partial charge in [-0.25, -0.2) is 4.99 Å². The number of fused-ring (bicyclic) bond motifs is 3. The van der Waals surface area contributed by atoms with Crippen LogP contribution in [0.4, 0.5) is 5.69 Å². The average Bonchev–Trinajstić information content (AvgIpc) is 3.31. The summed E-state index contributed by atoms with van der Waals surface area (Å²) in [6.45, 7) is 13.6. The summed E-state index contributed by atoms with van der Waals surface area (Å²) in [6.07, 6.45) is 1.03. The van der Waals surface area contributed by atoms with Crippen LogP contribution in [0, 0.1) is 12.3 Å². The van der Waals surface area contributed by atoms with Crippen molar-refractivity contribution < 1.29 is 4.42 Å². The van der Waals surface area contributed by atoms with Gasteiger partial charge < -0.3 is 4.42 Å². The molecule has 1 aliphatic heterocycles. The van der Waals surface area contributed by atoms with Gasteiger partial charge in [0, 0.05) is 27.3 Å². The van der Waals surface area contributed by atoms with Crippen LogP contribution in [0.1, 0.15) is 68.4 Å². The monoisotopic (exact) mass is 445 g/mol. The summed E-state index contributed by atoms with van der Waals surface area (Å²) in [5.41, 5.74) is 10.4. The number of rotatable bonds is 3. The summed E-state index contributed by atoms with van der Waals surface area (Å²) in [7, 11) is 0. The van der Waals surface area contributed by atoms with Crippen molar-refractivity contribution in [3.8, 4) is 0 Å². The number of para-hydroxylation sites is 1. The number of furan rings is 1. The maximum atomic E-state index is 6.43. The van der Waals surface area contributed by atoms with Gasteiger partial charge in [0.25, 0.3) is 0 Å². The molecule has 0 unspecified atom stereocenters. The first-order chi connectivity index (χ1) is 16.2. The second-order valence-corrected chi connectivity index (χ2v) is 11.4. The fraction of sp³-hybridized carbons (Fsp3) is 0.281. The third-order valence-corrected chi connectivity index (χ3v) is 6.88. The van der Waals surface area contributed by atoms with Crippen LogP contribution in [0.15, 0.2) is 70.1 Å². The van der Waals surface area contributed by atoms with Gasteiger partial charge in [0.15, 0.2) is 0 Å². The SMILES string of the molecule is Cc1cc(C2=Nc3cc(CC(C)(C)C)cc4cc(C(C)C)cc2c34)c2oc3ccccc3c2c1. The molecule has 0 amide bonds. The van der Waals surface area contributed by atoms with Gasteiger partial charge in [-0.05, 0) is 77.1 Å². The third kappa shape index (κ3) is 3.36. The lowest BCUT2D eigenvalue weighted by atomic mass is 9.86. The molecular weight excluding hydrogens is 414 g/mol. The van der Waals surface area contributed by atoms with Gasteiger partial charge in [0.2, 0.25) is 0 Å². The van der Waals surface area contributed by atoms with E-state index in [0.29, 0.717) is 5.92 Å². The molecule has 0 aliphatic carbocycles. The Morgan fingerprint density at radius 1 is 0.882 bits per heavy atom. The van der Waals surface area contributed by atoms with Crippen LogP contribution in [-0.2, 0) is 6.42 Å². The molecule has 5 aromatic rings. The van der Waals surface area contributed by atoms with Gasteiger partial charge in [0.05, 0.1) is 11.4 Å². The molecule has 0 atom stereocenters. The van der Waals surface area contributed by atoms with Gasteiger partial charge in [-0.2, -0.15) is 0 Å². The first-order valence-corrected chi connectivity index (χ1v) is 12.3. The Morgan fingerprint density at radius 2 is 1.68 bits per heavy atom. The highest BCUT2D eigenvalue weighted by molar-refractivity contribution is 6.30. The van der Waals surface area contributed by atoms with Crippen molar-refractivity contribution in [1.82, 2.24) is 0 Å². The lowest BCUT2D eigenvalue weighted by Crippen LogP contribution is -2.09. The van der Waals surface area contributed by atoms with E-state index < -0.39 is 0 Å². The van der Waals surface area contributed by atoms with E-state index in [9.17, 15) is 0 Å². The van der Waals surface area contributed by atoms with Crippen LogP contribution in [-0.4, -0.2) is 5.71 Å². The highest BCUT2D eigenvalue weighted by atomic mass is 16.3. The van der Waals surface area contributed by atoms with Crippen molar-refractivity contribution in [2.45, 2.75) is 53.9 Å². The van der Waals surface area contributed by atoms with Gasteiger partial charge in [-0.1, -0.05) is 65.0 Å². The molecular formula is C32H31NO. The summed E-state index contributed by atoms with van der Waals surface area (Å²) in [6, 6.07) is 22.2. The Labute approximate surface area is 201 Å². The van der Waals surface area contributed by atoms with E-state index in [-0.39, 0.29) is 5.41 Å². The fourth-order valence-electron chi connectivity index (χ4n) is 5.43. The molecule has 2 heterocycles. The Balaban J connectivity index is 1.65. The zero-order valence-corrected chi connectivity index (χ0v) is 20.9. The number of benzene rings is 4. The zero-order chi connectivity index (χ0) is 23.8. The lowest BCUT2D eigenvalue weighted by molar-refractivity contribution is 0.411. The van der Waals surface area contributed by atoms with Crippen molar-refractivity contribution in [1.29, 1.82) is 0 Å². The number of nitrogens with zero attached hydrogens (tertiary/aromatic N) is 1. The Kier molecular flexibility index (Phi) is 4.55. The summed E-state index contributed by atoms with van der Waals surface area (Å²) in [5.74, 6) is 0.445. The number of aliphatic imine (C=N–C) groups is 1. The van der Waals surface area contributed by atoms with Crippen LogP contribution in [0.25, 0.3) is 32.7 Å². The Bertz CT molecular complexity index is 1640. The molecule has 4 aromatic carbocycles. The Morgan fingerprint density at radius 3 is 2.44 bits per heavy atom. The van der Waals surface area contributed by atoms with Crippen LogP contribution in [0.2, 0.25) is 0 Å². The minimum Gasteiger partial charge on any atom is -0.455 e. The van der Waals surface area contributed by atoms with Gasteiger partial charge in [-0.15, -0.1) is 0 Å². The molecule has 0 spiro atoms. The minimum atomic E-state index is 0.223. The van der Waals surface area contributed by atoms with E-state index in [1.165, 1.54) is 33.0 Å². The first kappa shape index (κ1) is 21.2. The van der Waals surface area contributed by atoms with Crippen LogP contribution in [0.5, 0.6) is 0 Å². The molecule has 2 heteroatoms. The van der Waals surface area contributed by atoms with Gasteiger partial charge in [-0.3, -0.25) is 0 Å². The molecule has 2 nitrogen and oxygen atoms in total. The quantitative estimate of drug-likeness (QED) is 0.266. The van der Waals surface area contributed by atoms with Crippen molar-refractivity contribution in [3.05, 3.63) is 88.5 Å². The summed E-state index contributed by atoms with van der Waals surface area (Å²) < 4.78 is 6.43. The molecule has 6 rings (SSSR count). The van der Waals surface area contributed by atoms with Crippen molar-refractivity contribution >= 4 is 44.1 Å². The zero-order valence-electron chi connectivity index (χ0n) is 20.9. The van der Waals surface area contributed by atoms with Crippen molar-refractivity contribution in [2.24, 2.45) is 10.4 Å². The van der Waals surface area contributed by atoms with Crippen molar-refractivity contribution in [2.75, 3.05) is 0 Å². The van der Waals surface area contributed by atoms with E-state index >= 15 is 0 Å². The topological polar surface area (TPSA) is 25.5 Å². The Hall–Kier alpha value is -3.39. The van der Waals surface area contributed by atoms with E-state index in [1.807, 2.05) is 6.07 Å². The largest absolute Gasteiger partial charge is 0.455 e. The average molecular weight is 446 g/mol. The van der Waals surface area contributed by atoms with E-state index in [2.05, 4.69) is 96.1 Å². The third-order valence-electron chi connectivity index (χ3n) is 6.88. The highest BCUT2D eigenvalue weighted by Gasteiger charge is 2.26. The molecule has 1 aromatic heterocycles. The van der Waals surface area contributed by atoms with Crippen molar-refractivity contribution in [3.63, 3.8) is 0 Å². The number of hydrogen-bond acceptors (Lipinski definition) is 2. The van der Waals surface area contributed by atoms with Crippen LogP contribution < -0.4 is 0 Å². The standard InChI is InChI=1S/C32H31NO/c1-18(2)21-15-22-13-20(17-32(4,5)6)14-27-29(22)25(16-21)30(33-27)26-12-19(3)11-24-23-9-7-8-10-28(23)34-31(24)26/h7-16,18H,17H2,1-6H3. The van der Waals surface area contributed by atoms with Gasteiger partial charge in [0.1, 0.15) is 11.2 Å². The van der Waals surface area contributed by atoms with E-state index in [1.54, 1.807) is 0 Å². The minimum absolute atomic E-state index is 0.223. The normalized spacial score (nSPS) is 13.6. The molecule has 0 saturated heterocycles. The molecule has 0 N–H and O–H groups in total. The number of hydrogen-bond donors (Lipinski definition) is 0. The number of aryl methyl sites for hydroxylation is 1. The predicted octanol–water partition coefficient (Wildman–Crippen LogP) is 9.24. The molecule has 0 bridgehead atoms. The maximum absolute atomic E-state index is 6.43. The van der Waals surface area contributed by atoms with Crippen LogP contribution >= 0.6 is 0 Å². The second kappa shape index (κ2) is 7.30. The lowest BCUT2D eigenvalue weighted by Gasteiger charge is -2.19. The van der Waals surface area contributed by atoms with E-state index in [4.69, 9.17) is 9.41 Å². The maximum Gasteiger partial charge on any atom is 0.144 e. The summed E-state index contributed by atoms with van der Waals surface area (Å²) in [4.78, 5) is 5.28. The molecule has 0 fully saturated rings. The molecule has 34 heavy (non-hydrogen) atoms. The smallest absolute Gasteiger partial charge is 0.144 e. The van der Waals surface area contributed by atoms with Gasteiger partial charge >= 0.3 is 0 Å². The molecule has 0 saturated carbocycles. The molecule has 170 valence electrons. The summed E-state index contributed by atoms with van der Waals surface area (Å²) in [5, 5.41) is 4.88. The predicted molar refractivity (Wildman–Crippen MR) is 145 cm³/mol. The molecule has 1 aliphatic rings.